The smallest absolute Gasteiger partial charge is 0.277 e. The van der Waals surface area contributed by atoms with Crippen LogP contribution in [0.5, 0.6) is 5.75 Å². The van der Waals surface area contributed by atoms with Gasteiger partial charge in [0, 0.05) is 42.5 Å². The SMILES string of the molecule is O=C(C[NH+]1CC[NH+](Cc2cccc(Cl)c2)CC1)N1CCN(c2ccc(O)cc2)CC1. The Balaban J connectivity index is 1.19. The van der Waals surface area contributed by atoms with Gasteiger partial charge in [0.15, 0.2) is 6.54 Å². The summed E-state index contributed by atoms with van der Waals surface area (Å²) in [6.45, 7) is 9.05. The number of rotatable bonds is 5. The summed E-state index contributed by atoms with van der Waals surface area (Å²) in [5.41, 5.74) is 2.38. The minimum Gasteiger partial charge on any atom is -0.508 e. The van der Waals surface area contributed by atoms with Gasteiger partial charge in [0.05, 0.1) is 0 Å². The van der Waals surface area contributed by atoms with E-state index in [1.54, 1.807) is 17.0 Å². The standard InChI is InChI=1S/C23H29ClN4O2/c24-20-3-1-2-19(16-20)17-25-8-10-26(11-9-25)18-23(30)28-14-12-27(13-15-28)21-4-6-22(29)7-5-21/h1-7,16,29H,8-15,17-18H2/p+2. The fourth-order valence-corrected chi connectivity index (χ4v) is 4.66. The third-order valence-corrected chi connectivity index (χ3v) is 6.49. The van der Waals surface area contributed by atoms with E-state index < -0.39 is 0 Å². The predicted octanol–water partition coefficient (Wildman–Crippen LogP) is -0.322. The number of aromatic hydroxyl groups is 1. The van der Waals surface area contributed by atoms with Crippen LogP contribution in [-0.2, 0) is 11.3 Å². The van der Waals surface area contributed by atoms with Gasteiger partial charge >= 0.3 is 0 Å². The van der Waals surface area contributed by atoms with E-state index in [0.29, 0.717) is 6.54 Å². The van der Waals surface area contributed by atoms with Gasteiger partial charge in [-0.25, -0.2) is 0 Å². The molecular formula is C23H31ClN4O2+2. The highest BCUT2D eigenvalue weighted by Gasteiger charge is 2.28. The Labute approximate surface area is 183 Å². The maximum absolute atomic E-state index is 12.8. The zero-order valence-corrected chi connectivity index (χ0v) is 18.1. The molecule has 2 aromatic rings. The number of nitrogens with zero attached hydrogens (tertiary/aromatic N) is 2. The van der Waals surface area contributed by atoms with Crippen LogP contribution in [0.15, 0.2) is 48.5 Å². The molecule has 1 amide bonds. The molecule has 7 heteroatoms. The Kier molecular flexibility index (Phi) is 6.77. The Bertz CT molecular complexity index is 845. The molecule has 4 rings (SSSR count). The number of hydrogen-bond acceptors (Lipinski definition) is 3. The molecule has 160 valence electrons. The number of benzene rings is 2. The lowest BCUT2D eigenvalue weighted by Crippen LogP contribution is -3.28. The van der Waals surface area contributed by atoms with Crippen molar-refractivity contribution in [2.24, 2.45) is 0 Å². The molecule has 2 aliphatic rings. The second-order valence-electron chi connectivity index (χ2n) is 8.37. The van der Waals surface area contributed by atoms with Crippen molar-refractivity contribution >= 4 is 23.2 Å². The highest BCUT2D eigenvalue weighted by molar-refractivity contribution is 6.30. The van der Waals surface area contributed by atoms with E-state index in [2.05, 4.69) is 17.0 Å². The number of anilines is 1. The van der Waals surface area contributed by atoms with Crippen LogP contribution in [-0.4, -0.2) is 74.8 Å². The van der Waals surface area contributed by atoms with Crippen molar-refractivity contribution in [2.45, 2.75) is 6.54 Å². The molecule has 0 aliphatic carbocycles. The van der Waals surface area contributed by atoms with Crippen LogP contribution in [0.4, 0.5) is 5.69 Å². The van der Waals surface area contributed by atoms with Gasteiger partial charge < -0.3 is 24.7 Å². The summed E-state index contributed by atoms with van der Waals surface area (Å²) in [5.74, 6) is 0.554. The predicted molar refractivity (Wildman–Crippen MR) is 118 cm³/mol. The summed E-state index contributed by atoms with van der Waals surface area (Å²) < 4.78 is 0. The minimum absolute atomic E-state index is 0.272. The van der Waals surface area contributed by atoms with Crippen LogP contribution in [0, 0.1) is 0 Å². The normalized spacial score (nSPS) is 22.2. The van der Waals surface area contributed by atoms with E-state index >= 15 is 0 Å². The molecule has 0 atom stereocenters. The fourth-order valence-electron chi connectivity index (χ4n) is 4.45. The summed E-state index contributed by atoms with van der Waals surface area (Å²) >= 11 is 6.10. The second kappa shape index (κ2) is 9.69. The molecule has 3 N–H and O–H groups in total. The molecule has 0 spiro atoms. The maximum Gasteiger partial charge on any atom is 0.277 e. The quantitative estimate of drug-likeness (QED) is 0.609. The van der Waals surface area contributed by atoms with Crippen molar-refractivity contribution in [2.75, 3.05) is 63.8 Å². The first-order valence-electron chi connectivity index (χ1n) is 10.8. The van der Waals surface area contributed by atoms with Crippen LogP contribution in [0.3, 0.4) is 0 Å². The van der Waals surface area contributed by atoms with E-state index in [-0.39, 0.29) is 11.7 Å². The van der Waals surface area contributed by atoms with Crippen molar-refractivity contribution in [3.63, 3.8) is 0 Å². The number of hydrogen-bond donors (Lipinski definition) is 3. The Hall–Kier alpha value is -2.28. The Morgan fingerprint density at radius 1 is 0.933 bits per heavy atom. The third-order valence-electron chi connectivity index (χ3n) is 6.26. The summed E-state index contributed by atoms with van der Waals surface area (Å²) in [6, 6.07) is 15.4. The molecule has 2 heterocycles. The van der Waals surface area contributed by atoms with Crippen LogP contribution >= 0.6 is 11.6 Å². The van der Waals surface area contributed by atoms with E-state index in [1.165, 1.54) is 10.5 Å². The first kappa shape index (κ1) is 21.0. The van der Waals surface area contributed by atoms with Crippen LogP contribution in [0.1, 0.15) is 5.56 Å². The molecule has 0 saturated carbocycles. The number of phenolic OH excluding ortho intramolecular Hbond substituents is 1. The first-order valence-corrected chi connectivity index (χ1v) is 11.2. The zero-order chi connectivity index (χ0) is 20.9. The van der Waals surface area contributed by atoms with Crippen molar-refractivity contribution < 1.29 is 19.7 Å². The van der Waals surface area contributed by atoms with E-state index in [4.69, 9.17) is 11.6 Å². The number of piperazine rings is 2. The lowest BCUT2D eigenvalue weighted by molar-refractivity contribution is -1.02. The van der Waals surface area contributed by atoms with Gasteiger partial charge in [-0.2, -0.15) is 0 Å². The molecule has 2 aromatic carbocycles. The number of halogens is 1. The highest BCUT2D eigenvalue weighted by Crippen LogP contribution is 2.19. The first-order chi connectivity index (χ1) is 14.6. The molecular weight excluding hydrogens is 400 g/mol. The van der Waals surface area contributed by atoms with Crippen molar-refractivity contribution in [3.8, 4) is 5.75 Å². The van der Waals surface area contributed by atoms with Crippen molar-refractivity contribution in [1.82, 2.24) is 4.90 Å². The molecule has 2 fully saturated rings. The lowest BCUT2D eigenvalue weighted by Gasteiger charge is -2.37. The largest absolute Gasteiger partial charge is 0.508 e. The van der Waals surface area contributed by atoms with Crippen LogP contribution in [0.25, 0.3) is 0 Å². The highest BCUT2D eigenvalue weighted by atomic mass is 35.5. The zero-order valence-electron chi connectivity index (χ0n) is 17.3. The number of carbonyl (C=O) groups excluding carboxylic acids is 1. The maximum atomic E-state index is 12.8. The van der Waals surface area contributed by atoms with Crippen molar-refractivity contribution in [3.05, 3.63) is 59.1 Å². The molecule has 0 radical (unpaired) electrons. The average Bonchev–Trinajstić information content (AvgIpc) is 2.76. The number of carbonyl (C=O) groups is 1. The van der Waals surface area contributed by atoms with Gasteiger partial charge in [0.1, 0.15) is 38.5 Å². The molecule has 2 aliphatic heterocycles. The van der Waals surface area contributed by atoms with Gasteiger partial charge in [0.25, 0.3) is 5.91 Å². The molecule has 30 heavy (non-hydrogen) atoms. The summed E-state index contributed by atoms with van der Waals surface area (Å²) in [4.78, 5) is 20.0. The topological polar surface area (TPSA) is 52.7 Å². The monoisotopic (exact) mass is 430 g/mol. The molecule has 0 aromatic heterocycles. The number of quaternary nitrogens is 2. The van der Waals surface area contributed by atoms with Gasteiger partial charge in [-0.3, -0.25) is 4.79 Å². The summed E-state index contributed by atoms with van der Waals surface area (Å²) in [5, 5.41) is 10.2. The molecule has 6 nitrogen and oxygen atoms in total. The number of phenols is 1. The molecule has 0 bridgehead atoms. The van der Waals surface area contributed by atoms with E-state index in [1.807, 2.05) is 29.2 Å². The third kappa shape index (κ3) is 5.45. The molecule has 0 unspecified atom stereocenters. The van der Waals surface area contributed by atoms with E-state index in [9.17, 15) is 9.90 Å². The van der Waals surface area contributed by atoms with E-state index in [0.717, 1.165) is 69.6 Å². The van der Waals surface area contributed by atoms with Crippen LogP contribution < -0.4 is 14.7 Å². The average molecular weight is 431 g/mol. The van der Waals surface area contributed by atoms with Gasteiger partial charge in [-0.1, -0.05) is 23.7 Å². The minimum atomic E-state index is 0.272. The summed E-state index contributed by atoms with van der Waals surface area (Å²) in [7, 11) is 0. The summed E-state index contributed by atoms with van der Waals surface area (Å²) in [6.07, 6.45) is 0. The number of nitrogens with one attached hydrogen (secondary N) is 2. The Morgan fingerprint density at radius 2 is 1.60 bits per heavy atom. The van der Waals surface area contributed by atoms with Crippen molar-refractivity contribution in [1.29, 1.82) is 0 Å². The molecule has 2 saturated heterocycles. The number of amides is 1. The van der Waals surface area contributed by atoms with Gasteiger partial charge in [-0.05, 0) is 36.4 Å². The van der Waals surface area contributed by atoms with Gasteiger partial charge in [0.2, 0.25) is 0 Å². The van der Waals surface area contributed by atoms with Gasteiger partial charge in [-0.15, -0.1) is 0 Å². The fraction of sp³-hybridized carbons (Fsp3) is 0.435. The second-order valence-corrected chi connectivity index (χ2v) is 8.80. The van der Waals surface area contributed by atoms with Crippen LogP contribution in [0.2, 0.25) is 5.02 Å². The Morgan fingerprint density at radius 3 is 2.27 bits per heavy atom. The lowest BCUT2D eigenvalue weighted by atomic mass is 10.2.